The quantitative estimate of drug-likeness (QED) is 0.655. The molecule has 1 atom stereocenters. The number of nitrogens with two attached hydrogens (primary N) is 1. The second-order valence-electron chi connectivity index (χ2n) is 5.48. The number of carbonyl (C=O) groups is 2. The van der Waals surface area contributed by atoms with Gasteiger partial charge in [0.15, 0.2) is 6.10 Å². The van der Waals surface area contributed by atoms with Crippen molar-refractivity contribution in [1.82, 2.24) is 9.62 Å². The van der Waals surface area contributed by atoms with E-state index in [0.29, 0.717) is 4.47 Å². The minimum absolute atomic E-state index is 0.0124. The van der Waals surface area contributed by atoms with E-state index < -0.39 is 27.9 Å². The average molecular weight is 433 g/mol. The van der Waals surface area contributed by atoms with E-state index in [1.807, 2.05) is 0 Å². The van der Waals surface area contributed by atoms with Crippen molar-refractivity contribution in [2.45, 2.75) is 17.4 Å². The number of primary amides is 1. The van der Waals surface area contributed by atoms with Crippen LogP contribution in [0, 0.1) is 0 Å². The summed E-state index contributed by atoms with van der Waals surface area (Å²) in [5.41, 5.74) is 5.39. The van der Waals surface area contributed by atoms with Gasteiger partial charge in [0.1, 0.15) is 5.71 Å². The third-order valence-corrected chi connectivity index (χ3v) is 6.27. The maximum Gasteiger partial charge on any atom is 0.266 e. The summed E-state index contributed by atoms with van der Waals surface area (Å²) in [4.78, 5) is 28.2. The van der Waals surface area contributed by atoms with Gasteiger partial charge >= 0.3 is 0 Å². The number of oxime groups is 1. The van der Waals surface area contributed by atoms with E-state index in [2.05, 4.69) is 26.4 Å². The lowest BCUT2D eigenvalue weighted by molar-refractivity contribution is -0.112. The van der Waals surface area contributed by atoms with Gasteiger partial charge in [-0.25, -0.2) is 12.7 Å². The number of nitrogens with zero attached hydrogens (tertiary/aromatic N) is 2. The van der Waals surface area contributed by atoms with Crippen LogP contribution in [0.15, 0.2) is 32.7 Å². The van der Waals surface area contributed by atoms with E-state index in [9.17, 15) is 18.0 Å². The molecule has 25 heavy (non-hydrogen) atoms. The van der Waals surface area contributed by atoms with Gasteiger partial charge in [0.25, 0.3) is 11.8 Å². The first kappa shape index (κ1) is 19.3. The van der Waals surface area contributed by atoms with E-state index in [4.69, 9.17) is 10.6 Å². The topological polar surface area (TPSA) is 131 Å². The molecule has 2 amide bonds. The summed E-state index contributed by atoms with van der Waals surface area (Å²) in [6, 6.07) is 4.27. The number of nitrogens with one attached hydrogen (secondary N) is 1. The molecule has 1 aliphatic rings. The lowest BCUT2D eigenvalue weighted by Crippen LogP contribution is -2.33. The van der Waals surface area contributed by atoms with E-state index in [1.165, 1.54) is 32.3 Å². The van der Waals surface area contributed by atoms with Crippen molar-refractivity contribution in [3.63, 3.8) is 0 Å². The third-order valence-electron chi connectivity index (χ3n) is 3.46. The highest BCUT2D eigenvalue weighted by molar-refractivity contribution is 9.10. The number of amides is 2. The van der Waals surface area contributed by atoms with Crippen LogP contribution < -0.4 is 11.1 Å². The summed E-state index contributed by atoms with van der Waals surface area (Å²) in [7, 11) is -0.889. The minimum Gasteiger partial charge on any atom is -0.390 e. The Morgan fingerprint density at radius 3 is 2.68 bits per heavy atom. The number of carbonyl (C=O) groups excluding carboxylic acids is 2. The first-order valence-electron chi connectivity index (χ1n) is 7.15. The van der Waals surface area contributed by atoms with Crippen molar-refractivity contribution in [1.29, 1.82) is 0 Å². The lowest BCUT2D eigenvalue weighted by Gasteiger charge is -2.14. The SMILES string of the molecule is CN(C)S(=O)(=O)c1cc(C(=O)NC[C@H]2CC(C(N)=O)=NO2)ccc1Br. The van der Waals surface area contributed by atoms with Crippen molar-refractivity contribution < 1.29 is 22.8 Å². The lowest BCUT2D eigenvalue weighted by atomic mass is 10.1. The number of hydrogen-bond donors (Lipinski definition) is 2. The normalized spacial score (nSPS) is 17.1. The summed E-state index contributed by atoms with van der Waals surface area (Å²) in [5, 5.41) is 6.16. The Hall–Kier alpha value is -1.98. The molecule has 0 aromatic heterocycles. The number of sulfonamides is 1. The molecule has 0 spiro atoms. The fourth-order valence-corrected chi connectivity index (χ4v) is 3.87. The molecule has 9 nitrogen and oxygen atoms in total. The molecule has 1 aliphatic heterocycles. The van der Waals surface area contributed by atoms with Gasteiger partial charge in [-0.3, -0.25) is 9.59 Å². The first-order chi connectivity index (χ1) is 11.6. The predicted octanol–water partition coefficient (Wildman–Crippen LogP) is 0.0594. The molecule has 0 saturated heterocycles. The van der Waals surface area contributed by atoms with Crippen molar-refractivity contribution in [2.24, 2.45) is 10.9 Å². The van der Waals surface area contributed by atoms with Gasteiger partial charge in [0.2, 0.25) is 10.0 Å². The van der Waals surface area contributed by atoms with Crippen molar-refractivity contribution in [3.8, 4) is 0 Å². The molecule has 11 heteroatoms. The van der Waals surface area contributed by atoms with Gasteiger partial charge in [-0.2, -0.15) is 0 Å². The molecule has 0 saturated carbocycles. The third kappa shape index (κ3) is 4.35. The molecular weight excluding hydrogens is 416 g/mol. The van der Waals surface area contributed by atoms with Crippen LogP contribution in [0.25, 0.3) is 0 Å². The Labute approximate surface area is 153 Å². The predicted molar refractivity (Wildman–Crippen MR) is 93.5 cm³/mol. The van der Waals surface area contributed by atoms with Crippen LogP contribution in [0.4, 0.5) is 0 Å². The maximum atomic E-state index is 12.3. The molecular formula is C14H17BrN4O5S. The largest absolute Gasteiger partial charge is 0.390 e. The first-order valence-corrected chi connectivity index (χ1v) is 9.39. The number of benzene rings is 1. The molecule has 0 fully saturated rings. The van der Waals surface area contributed by atoms with Crippen LogP contribution >= 0.6 is 15.9 Å². The standard InChI is InChI=1S/C14H17BrN4O5S/c1-19(2)25(22,23)12-5-8(3-4-10(12)15)14(21)17-7-9-6-11(13(16)20)18-24-9/h3-5,9H,6-7H2,1-2H3,(H2,16,20)(H,17,21)/t9-/m1/s1. The number of hydrogen-bond acceptors (Lipinski definition) is 6. The molecule has 0 radical (unpaired) electrons. The zero-order valence-corrected chi connectivity index (χ0v) is 15.9. The van der Waals surface area contributed by atoms with Gasteiger partial charge in [-0.05, 0) is 34.1 Å². The summed E-state index contributed by atoms with van der Waals surface area (Å²) >= 11 is 3.18. The maximum absolute atomic E-state index is 12.3. The number of rotatable bonds is 6. The molecule has 136 valence electrons. The van der Waals surface area contributed by atoms with E-state index in [0.717, 1.165) is 4.31 Å². The summed E-state index contributed by atoms with van der Waals surface area (Å²) in [5.74, 6) is -1.14. The summed E-state index contributed by atoms with van der Waals surface area (Å²) in [6.45, 7) is 0.102. The molecule has 1 aromatic carbocycles. The highest BCUT2D eigenvalue weighted by Crippen LogP contribution is 2.25. The van der Waals surface area contributed by atoms with Crippen LogP contribution in [0.5, 0.6) is 0 Å². The van der Waals surface area contributed by atoms with Crippen molar-refractivity contribution in [2.75, 3.05) is 20.6 Å². The van der Waals surface area contributed by atoms with Crippen LogP contribution in [0.2, 0.25) is 0 Å². The Bertz CT molecular complexity index is 838. The second-order valence-corrected chi connectivity index (χ2v) is 8.45. The fourth-order valence-electron chi connectivity index (χ4n) is 2.03. The zero-order chi connectivity index (χ0) is 18.8. The second kappa shape index (κ2) is 7.50. The highest BCUT2D eigenvalue weighted by Gasteiger charge is 2.26. The number of halogens is 1. The Morgan fingerprint density at radius 1 is 1.44 bits per heavy atom. The van der Waals surface area contributed by atoms with E-state index >= 15 is 0 Å². The van der Waals surface area contributed by atoms with Crippen molar-refractivity contribution >= 4 is 43.5 Å². The van der Waals surface area contributed by atoms with Crippen LogP contribution in [-0.4, -0.2) is 57.0 Å². The highest BCUT2D eigenvalue weighted by atomic mass is 79.9. The van der Waals surface area contributed by atoms with Crippen molar-refractivity contribution in [3.05, 3.63) is 28.2 Å². The van der Waals surface area contributed by atoms with Crippen LogP contribution in [-0.2, 0) is 19.7 Å². The summed E-state index contributed by atoms with van der Waals surface area (Å²) < 4.78 is 26.0. The Balaban J connectivity index is 2.07. The van der Waals surface area contributed by atoms with E-state index in [1.54, 1.807) is 0 Å². The zero-order valence-electron chi connectivity index (χ0n) is 13.5. The molecule has 1 aromatic rings. The van der Waals surface area contributed by atoms with Gasteiger partial charge in [0.05, 0.1) is 11.4 Å². The molecule has 0 aliphatic carbocycles. The molecule has 1 heterocycles. The smallest absolute Gasteiger partial charge is 0.266 e. The molecule has 0 bridgehead atoms. The van der Waals surface area contributed by atoms with Gasteiger partial charge in [0, 0.05) is 30.6 Å². The Morgan fingerprint density at radius 2 is 2.12 bits per heavy atom. The Kier molecular flexibility index (Phi) is 5.80. The molecule has 0 unspecified atom stereocenters. The average Bonchev–Trinajstić information content (AvgIpc) is 3.02. The van der Waals surface area contributed by atoms with Crippen LogP contribution in [0.1, 0.15) is 16.8 Å². The summed E-state index contributed by atoms with van der Waals surface area (Å²) in [6.07, 6.45) is -0.289. The monoisotopic (exact) mass is 432 g/mol. The molecule has 2 rings (SSSR count). The van der Waals surface area contributed by atoms with Gasteiger partial charge in [-0.15, -0.1) is 0 Å². The van der Waals surface area contributed by atoms with Gasteiger partial charge < -0.3 is 15.9 Å². The van der Waals surface area contributed by atoms with E-state index in [-0.39, 0.29) is 29.1 Å². The minimum atomic E-state index is -3.70. The van der Waals surface area contributed by atoms with Gasteiger partial charge in [-0.1, -0.05) is 5.16 Å². The fraction of sp³-hybridized carbons (Fsp3) is 0.357. The molecule has 3 N–H and O–H groups in total. The van der Waals surface area contributed by atoms with Crippen LogP contribution in [0.3, 0.4) is 0 Å².